The van der Waals surface area contributed by atoms with Crippen LogP contribution in [0.15, 0.2) is 15.5 Å². The van der Waals surface area contributed by atoms with Gasteiger partial charge in [-0.05, 0) is 28.8 Å². The molecule has 2 rings (SSSR count). The largest absolute Gasteiger partial charge is 0.411 e. The topological polar surface area (TPSA) is 56.1 Å². The van der Waals surface area contributed by atoms with Crippen molar-refractivity contribution in [3.8, 4) is 0 Å². The molecule has 1 aromatic rings. The zero-order chi connectivity index (χ0) is 15.0. The molecule has 1 N–H and O–H groups in total. The average Bonchev–Trinajstić information content (AvgIpc) is 3.15. The third-order valence-corrected chi connectivity index (χ3v) is 3.93. The molecule has 0 spiro atoms. The third kappa shape index (κ3) is 2.83. The molecule has 5 nitrogen and oxygen atoms in total. The summed E-state index contributed by atoms with van der Waals surface area (Å²) >= 11 is 3.03. The van der Waals surface area contributed by atoms with Gasteiger partial charge in [0.1, 0.15) is 10.0 Å². The minimum absolute atomic E-state index is 0.00427. The molecule has 112 valence electrons. The summed E-state index contributed by atoms with van der Waals surface area (Å²) in [6, 6.07) is 0. The van der Waals surface area contributed by atoms with E-state index in [-0.39, 0.29) is 29.5 Å². The summed E-state index contributed by atoms with van der Waals surface area (Å²) in [5.41, 5.74) is -2.37. The molecule has 1 fully saturated rings. The number of hydrogen-bond donors (Lipinski definition) is 1. The Morgan fingerprint density at radius 2 is 2.20 bits per heavy atom. The second-order valence-electron chi connectivity index (χ2n) is 4.60. The van der Waals surface area contributed by atoms with E-state index in [2.05, 4.69) is 26.3 Å². The number of ether oxygens (including phenoxy) is 1. The Labute approximate surface area is 121 Å². The fourth-order valence-electron chi connectivity index (χ4n) is 1.75. The van der Waals surface area contributed by atoms with E-state index in [1.807, 2.05) is 0 Å². The molecule has 0 unspecified atom stereocenters. The van der Waals surface area contributed by atoms with Crippen molar-refractivity contribution >= 4 is 21.6 Å². The van der Waals surface area contributed by atoms with E-state index in [1.165, 1.54) is 13.3 Å². The highest BCUT2D eigenvalue weighted by Crippen LogP contribution is 2.51. The van der Waals surface area contributed by atoms with Crippen LogP contribution in [0, 0.1) is 0 Å². The van der Waals surface area contributed by atoms with Crippen molar-refractivity contribution in [1.82, 2.24) is 9.78 Å². The van der Waals surface area contributed by atoms with E-state index in [0.717, 1.165) is 4.68 Å². The Kier molecular flexibility index (Phi) is 4.10. The van der Waals surface area contributed by atoms with Crippen LogP contribution in [0.1, 0.15) is 12.8 Å². The first kappa shape index (κ1) is 15.3. The van der Waals surface area contributed by atoms with Crippen molar-refractivity contribution in [3.63, 3.8) is 0 Å². The van der Waals surface area contributed by atoms with Gasteiger partial charge >= 0.3 is 6.18 Å². The van der Waals surface area contributed by atoms with Gasteiger partial charge in [0.2, 0.25) is 0 Å². The van der Waals surface area contributed by atoms with Crippen LogP contribution in [-0.2, 0) is 11.3 Å². The maximum absolute atomic E-state index is 12.9. The first-order valence-electron chi connectivity index (χ1n) is 5.90. The quantitative estimate of drug-likeness (QED) is 0.879. The van der Waals surface area contributed by atoms with Gasteiger partial charge in [-0.2, -0.15) is 18.3 Å². The van der Waals surface area contributed by atoms with Gasteiger partial charge in [-0.3, -0.25) is 4.79 Å². The minimum Gasteiger partial charge on any atom is -0.383 e. The predicted octanol–water partition coefficient (Wildman–Crippen LogP) is 2.16. The van der Waals surface area contributed by atoms with Crippen LogP contribution in [-0.4, -0.2) is 35.2 Å². The molecular weight excluding hydrogens is 343 g/mol. The molecule has 0 radical (unpaired) electrons. The van der Waals surface area contributed by atoms with Crippen LogP contribution in [0.25, 0.3) is 0 Å². The standard InChI is InChI=1S/C11H13BrF3N3O2/c1-20-5-4-18-9(19)8(12)7(6-16-18)17-10(2-3-10)11(13,14)15/h6,17H,2-5H2,1H3. The van der Waals surface area contributed by atoms with Gasteiger partial charge in [-0.25, -0.2) is 4.68 Å². The fraction of sp³-hybridized carbons (Fsp3) is 0.636. The summed E-state index contributed by atoms with van der Waals surface area (Å²) in [6.45, 7) is 0.525. The number of anilines is 1. The summed E-state index contributed by atoms with van der Waals surface area (Å²) in [5, 5.41) is 6.22. The van der Waals surface area contributed by atoms with Gasteiger partial charge < -0.3 is 10.1 Å². The Balaban J connectivity index is 2.23. The van der Waals surface area contributed by atoms with Crippen molar-refractivity contribution < 1.29 is 17.9 Å². The van der Waals surface area contributed by atoms with E-state index in [1.54, 1.807) is 0 Å². The second-order valence-corrected chi connectivity index (χ2v) is 5.39. The summed E-state index contributed by atoms with van der Waals surface area (Å²) in [5.74, 6) is 0. The highest BCUT2D eigenvalue weighted by molar-refractivity contribution is 9.10. The van der Waals surface area contributed by atoms with Gasteiger partial charge in [0, 0.05) is 7.11 Å². The number of alkyl halides is 3. The molecule has 1 aromatic heterocycles. The predicted molar refractivity (Wildman–Crippen MR) is 69.7 cm³/mol. The highest BCUT2D eigenvalue weighted by Gasteiger charge is 2.63. The Morgan fingerprint density at radius 1 is 1.55 bits per heavy atom. The van der Waals surface area contributed by atoms with Crippen molar-refractivity contribution in [3.05, 3.63) is 21.0 Å². The van der Waals surface area contributed by atoms with Crippen LogP contribution >= 0.6 is 15.9 Å². The number of rotatable bonds is 5. The lowest BCUT2D eigenvalue weighted by Crippen LogP contribution is -2.39. The van der Waals surface area contributed by atoms with Gasteiger partial charge in [0.25, 0.3) is 5.56 Å². The zero-order valence-corrected chi connectivity index (χ0v) is 12.2. The first-order chi connectivity index (χ1) is 9.31. The van der Waals surface area contributed by atoms with Crippen molar-refractivity contribution in [2.24, 2.45) is 0 Å². The second kappa shape index (κ2) is 5.36. The molecule has 1 aliphatic carbocycles. The first-order valence-corrected chi connectivity index (χ1v) is 6.69. The van der Waals surface area contributed by atoms with Gasteiger partial charge in [0.15, 0.2) is 0 Å². The highest BCUT2D eigenvalue weighted by atomic mass is 79.9. The maximum Gasteiger partial charge on any atom is 0.411 e. The van der Waals surface area contributed by atoms with Crippen LogP contribution in [0.5, 0.6) is 0 Å². The molecular formula is C11H13BrF3N3O2. The zero-order valence-electron chi connectivity index (χ0n) is 10.6. The Hall–Kier alpha value is -1.09. The number of hydrogen-bond acceptors (Lipinski definition) is 4. The van der Waals surface area contributed by atoms with E-state index < -0.39 is 17.3 Å². The summed E-state index contributed by atoms with van der Waals surface area (Å²) in [7, 11) is 1.48. The van der Waals surface area contributed by atoms with E-state index in [0.29, 0.717) is 6.61 Å². The molecule has 0 amide bonds. The van der Waals surface area contributed by atoms with E-state index >= 15 is 0 Å². The third-order valence-electron chi connectivity index (χ3n) is 3.16. The number of aromatic nitrogens is 2. The summed E-state index contributed by atoms with van der Waals surface area (Å²) in [4.78, 5) is 11.9. The summed E-state index contributed by atoms with van der Waals surface area (Å²) in [6.07, 6.45) is -3.14. The lowest BCUT2D eigenvalue weighted by Gasteiger charge is -2.22. The average molecular weight is 356 g/mol. The smallest absolute Gasteiger partial charge is 0.383 e. The lowest BCUT2D eigenvalue weighted by molar-refractivity contribution is -0.151. The molecule has 1 heterocycles. The Bertz CT molecular complexity index is 555. The van der Waals surface area contributed by atoms with E-state index in [9.17, 15) is 18.0 Å². The van der Waals surface area contributed by atoms with Gasteiger partial charge in [-0.15, -0.1) is 0 Å². The SMILES string of the molecule is COCCn1ncc(NC2(C(F)(F)F)CC2)c(Br)c1=O. The van der Waals surface area contributed by atoms with Crippen molar-refractivity contribution in [2.45, 2.75) is 31.1 Å². The molecule has 1 saturated carbocycles. The summed E-state index contributed by atoms with van der Waals surface area (Å²) < 4.78 is 44.6. The van der Waals surface area contributed by atoms with Gasteiger partial charge in [0.05, 0.1) is 25.0 Å². The monoisotopic (exact) mass is 355 g/mol. The number of methoxy groups -OCH3 is 1. The van der Waals surface area contributed by atoms with Crippen LogP contribution < -0.4 is 10.9 Å². The molecule has 0 atom stereocenters. The normalized spacial score (nSPS) is 17.1. The molecule has 0 aliphatic heterocycles. The molecule has 0 aromatic carbocycles. The lowest BCUT2D eigenvalue weighted by atomic mass is 10.2. The van der Waals surface area contributed by atoms with Crippen molar-refractivity contribution in [1.29, 1.82) is 0 Å². The Morgan fingerprint density at radius 3 is 2.70 bits per heavy atom. The molecule has 0 bridgehead atoms. The maximum atomic E-state index is 12.9. The van der Waals surface area contributed by atoms with Crippen molar-refractivity contribution in [2.75, 3.05) is 19.0 Å². The van der Waals surface area contributed by atoms with Crippen LogP contribution in [0.2, 0.25) is 0 Å². The number of halogens is 4. The van der Waals surface area contributed by atoms with Gasteiger partial charge in [-0.1, -0.05) is 0 Å². The molecule has 20 heavy (non-hydrogen) atoms. The van der Waals surface area contributed by atoms with Crippen LogP contribution in [0.4, 0.5) is 18.9 Å². The fourth-order valence-corrected chi connectivity index (χ4v) is 2.16. The molecule has 9 heteroatoms. The molecule has 0 saturated heterocycles. The van der Waals surface area contributed by atoms with E-state index in [4.69, 9.17) is 4.74 Å². The minimum atomic E-state index is -4.35. The van der Waals surface area contributed by atoms with Crippen LogP contribution in [0.3, 0.4) is 0 Å². The number of nitrogens with zero attached hydrogens (tertiary/aromatic N) is 2. The number of nitrogens with one attached hydrogen (secondary N) is 1. The molecule has 1 aliphatic rings.